The van der Waals surface area contributed by atoms with Gasteiger partial charge in [-0.25, -0.2) is 0 Å². The molecule has 1 aliphatic rings. The molecular weight excluding hydrogens is 256 g/mol. The molecule has 1 heterocycles. The van der Waals surface area contributed by atoms with Crippen molar-refractivity contribution in [3.63, 3.8) is 0 Å². The second kappa shape index (κ2) is 4.92. The molecule has 0 spiro atoms. The smallest absolute Gasteiger partial charge is 0.184 e. The van der Waals surface area contributed by atoms with Gasteiger partial charge >= 0.3 is 0 Å². The van der Waals surface area contributed by atoms with Gasteiger partial charge in [0.2, 0.25) is 0 Å². The van der Waals surface area contributed by atoms with Gasteiger partial charge in [-0.2, -0.15) is 0 Å². The van der Waals surface area contributed by atoms with Crippen molar-refractivity contribution < 1.29 is 13.9 Å². The van der Waals surface area contributed by atoms with Gasteiger partial charge in [-0.1, -0.05) is 18.2 Å². The summed E-state index contributed by atoms with van der Waals surface area (Å²) in [5.41, 5.74) is 0.842. The highest BCUT2D eigenvalue weighted by Crippen LogP contribution is 2.50. The molecule has 0 saturated carbocycles. The second-order valence-electron chi connectivity index (χ2n) is 6.30. The number of hydrogen-bond donors (Lipinski definition) is 0. The summed E-state index contributed by atoms with van der Waals surface area (Å²) in [7, 11) is 0.0246. The van der Waals surface area contributed by atoms with Crippen LogP contribution in [0, 0.1) is 0 Å². The van der Waals surface area contributed by atoms with E-state index in [1.54, 1.807) is 7.11 Å². The monoisotopic (exact) mass is 280 g/mol. The Balaban J connectivity index is 2.38. The Morgan fingerprint density at radius 1 is 1.26 bits per heavy atom. The van der Waals surface area contributed by atoms with Gasteiger partial charge in [0.25, 0.3) is 0 Å². The van der Waals surface area contributed by atoms with Crippen LogP contribution in [0.15, 0.2) is 24.3 Å². The minimum atomic E-state index is -1.67. The molecule has 1 aliphatic heterocycles. The van der Waals surface area contributed by atoms with Gasteiger partial charge in [-0.05, 0) is 39.6 Å². The summed E-state index contributed by atoms with van der Waals surface area (Å²) in [5.74, 6) is 0.870. The van der Waals surface area contributed by atoms with Crippen LogP contribution in [0.3, 0.4) is 0 Å². The van der Waals surface area contributed by atoms with Crippen LogP contribution in [-0.2, 0) is 9.16 Å². The lowest BCUT2D eigenvalue weighted by Crippen LogP contribution is -2.35. The van der Waals surface area contributed by atoms with E-state index in [1.807, 2.05) is 18.2 Å². The average Bonchev–Trinajstić information content (AvgIpc) is 2.94. The van der Waals surface area contributed by atoms with Crippen LogP contribution in [0.1, 0.15) is 25.5 Å². The van der Waals surface area contributed by atoms with Gasteiger partial charge in [-0.3, -0.25) is 0 Å². The van der Waals surface area contributed by atoms with Crippen LogP contribution < -0.4 is 4.74 Å². The first-order valence-corrected chi connectivity index (χ1v) is 10.2. The van der Waals surface area contributed by atoms with Crippen molar-refractivity contribution in [3.8, 4) is 5.75 Å². The van der Waals surface area contributed by atoms with Gasteiger partial charge in [-0.15, -0.1) is 0 Å². The predicted octanol–water partition coefficient (Wildman–Crippen LogP) is 3.77. The van der Waals surface area contributed by atoms with Crippen molar-refractivity contribution in [2.24, 2.45) is 0 Å². The summed E-state index contributed by atoms with van der Waals surface area (Å²) in [4.78, 5) is 0. The number of methoxy groups -OCH3 is 1. The molecule has 0 radical (unpaired) electrons. The van der Waals surface area contributed by atoms with E-state index in [0.29, 0.717) is 0 Å². The molecule has 1 aromatic carbocycles. The quantitative estimate of drug-likeness (QED) is 0.608. The highest BCUT2D eigenvalue weighted by Gasteiger charge is 2.57. The van der Waals surface area contributed by atoms with Crippen LogP contribution in [-0.4, -0.2) is 27.1 Å². The standard InChI is InChI=1S/C15H24O3Si/c1-11-15(2,17-11)14(18-19(4,5)6)12-9-7-8-10-13(12)16-3/h7-11,14H,1-6H3/t11-,14?,15-/m1/s1. The van der Waals surface area contributed by atoms with Crippen LogP contribution in [0.2, 0.25) is 19.6 Å². The second-order valence-corrected chi connectivity index (χ2v) is 10.8. The average molecular weight is 280 g/mol. The molecule has 0 aromatic heterocycles. The van der Waals surface area contributed by atoms with Gasteiger partial charge < -0.3 is 13.9 Å². The van der Waals surface area contributed by atoms with E-state index in [1.165, 1.54) is 0 Å². The number of para-hydroxylation sites is 1. The lowest BCUT2D eigenvalue weighted by atomic mass is 9.94. The van der Waals surface area contributed by atoms with Crippen LogP contribution in [0.25, 0.3) is 0 Å². The molecule has 3 atom stereocenters. The van der Waals surface area contributed by atoms with E-state index in [0.717, 1.165) is 11.3 Å². The van der Waals surface area contributed by atoms with Crippen LogP contribution >= 0.6 is 0 Å². The van der Waals surface area contributed by atoms with E-state index in [-0.39, 0.29) is 17.8 Å². The number of epoxide rings is 1. The first-order chi connectivity index (χ1) is 8.78. The molecule has 4 heteroatoms. The summed E-state index contributed by atoms with van der Waals surface area (Å²) in [6.07, 6.45) is 0.157. The molecule has 106 valence electrons. The van der Waals surface area contributed by atoms with E-state index in [4.69, 9.17) is 13.9 Å². The number of ether oxygens (including phenoxy) is 2. The van der Waals surface area contributed by atoms with E-state index < -0.39 is 8.32 Å². The zero-order valence-electron chi connectivity index (χ0n) is 12.7. The van der Waals surface area contributed by atoms with E-state index >= 15 is 0 Å². The van der Waals surface area contributed by atoms with Crippen molar-refractivity contribution >= 4 is 8.32 Å². The number of rotatable bonds is 5. The predicted molar refractivity (Wildman–Crippen MR) is 79.1 cm³/mol. The van der Waals surface area contributed by atoms with Gasteiger partial charge in [0.15, 0.2) is 8.32 Å². The zero-order chi connectivity index (χ0) is 14.3. The van der Waals surface area contributed by atoms with Crippen molar-refractivity contribution in [1.29, 1.82) is 0 Å². The van der Waals surface area contributed by atoms with Crippen molar-refractivity contribution in [3.05, 3.63) is 29.8 Å². The molecule has 1 unspecified atom stereocenters. The summed E-state index contributed by atoms with van der Waals surface area (Å²) in [6.45, 7) is 10.8. The molecule has 1 saturated heterocycles. The normalized spacial score (nSPS) is 28.0. The number of hydrogen-bond acceptors (Lipinski definition) is 3. The van der Waals surface area contributed by atoms with Crippen molar-refractivity contribution in [2.75, 3.05) is 7.11 Å². The fraction of sp³-hybridized carbons (Fsp3) is 0.600. The Bertz CT molecular complexity index is 455. The Morgan fingerprint density at radius 3 is 2.32 bits per heavy atom. The number of benzene rings is 1. The third-order valence-corrected chi connectivity index (χ3v) is 4.54. The summed E-state index contributed by atoms with van der Waals surface area (Å²) >= 11 is 0. The highest BCUT2D eigenvalue weighted by atomic mass is 28.4. The summed E-state index contributed by atoms with van der Waals surface area (Å²) < 4.78 is 17.7. The molecule has 1 fully saturated rings. The largest absolute Gasteiger partial charge is 0.496 e. The molecular formula is C15H24O3Si. The maximum atomic E-state index is 6.40. The van der Waals surface area contributed by atoms with Gasteiger partial charge in [0, 0.05) is 5.56 Å². The topological polar surface area (TPSA) is 31.0 Å². The molecule has 0 bridgehead atoms. The van der Waals surface area contributed by atoms with Crippen LogP contribution in [0.4, 0.5) is 0 Å². The SMILES string of the molecule is COc1ccccc1C(O[Si](C)(C)C)[C@]1(C)O[C@@H]1C. The van der Waals surface area contributed by atoms with E-state index in [9.17, 15) is 0 Å². The Morgan fingerprint density at radius 2 is 1.84 bits per heavy atom. The fourth-order valence-electron chi connectivity index (χ4n) is 2.35. The molecule has 0 N–H and O–H groups in total. The minimum absolute atomic E-state index is 0.0645. The lowest BCUT2D eigenvalue weighted by molar-refractivity contribution is 0.0983. The third kappa shape index (κ3) is 3.01. The molecule has 19 heavy (non-hydrogen) atoms. The molecule has 1 aromatic rings. The Kier molecular flexibility index (Phi) is 3.77. The fourth-order valence-corrected chi connectivity index (χ4v) is 3.42. The molecule has 3 nitrogen and oxygen atoms in total. The van der Waals surface area contributed by atoms with Crippen LogP contribution in [0.5, 0.6) is 5.75 Å². The Hall–Kier alpha value is -0.843. The zero-order valence-corrected chi connectivity index (χ0v) is 13.7. The van der Waals surface area contributed by atoms with Gasteiger partial charge in [0.05, 0.1) is 13.2 Å². The highest BCUT2D eigenvalue weighted by molar-refractivity contribution is 6.69. The maximum Gasteiger partial charge on any atom is 0.184 e. The van der Waals surface area contributed by atoms with E-state index in [2.05, 4.69) is 39.6 Å². The first-order valence-electron chi connectivity index (χ1n) is 6.76. The van der Waals surface area contributed by atoms with Crippen molar-refractivity contribution in [2.45, 2.75) is 51.3 Å². The van der Waals surface area contributed by atoms with Crippen molar-refractivity contribution in [1.82, 2.24) is 0 Å². The maximum absolute atomic E-state index is 6.40. The van der Waals surface area contributed by atoms with Gasteiger partial charge in [0.1, 0.15) is 17.5 Å². The Labute approximate surface area is 117 Å². The molecule has 0 aliphatic carbocycles. The molecule has 2 rings (SSSR count). The summed E-state index contributed by atoms with van der Waals surface area (Å²) in [6, 6.07) is 8.05. The first kappa shape index (κ1) is 14.6. The molecule has 0 amide bonds. The summed E-state index contributed by atoms with van der Waals surface area (Å²) in [5, 5.41) is 0. The lowest BCUT2D eigenvalue weighted by Gasteiger charge is -2.30. The third-order valence-electron chi connectivity index (χ3n) is 3.59. The minimum Gasteiger partial charge on any atom is -0.496 e.